The molecule has 1 heterocycles. The molecule has 0 bridgehead atoms. The van der Waals surface area contributed by atoms with Crippen LogP contribution in [0.4, 0.5) is 11.4 Å². The predicted molar refractivity (Wildman–Crippen MR) is 111 cm³/mol. The molecule has 2 aromatic carbocycles. The second-order valence-corrected chi connectivity index (χ2v) is 8.49. The average Bonchev–Trinajstić information content (AvgIpc) is 2.66. The van der Waals surface area contributed by atoms with E-state index in [1.807, 2.05) is 0 Å². The van der Waals surface area contributed by atoms with Gasteiger partial charge in [-0.25, -0.2) is 8.42 Å². The van der Waals surface area contributed by atoms with Crippen molar-refractivity contribution in [3.8, 4) is 0 Å². The summed E-state index contributed by atoms with van der Waals surface area (Å²) in [6.07, 6.45) is 4.32. The molecule has 3 aromatic rings. The van der Waals surface area contributed by atoms with Gasteiger partial charge in [0.1, 0.15) is 0 Å². The first-order chi connectivity index (χ1) is 13.3. The normalized spacial score (nSPS) is 11.1. The van der Waals surface area contributed by atoms with Gasteiger partial charge in [0.05, 0.1) is 30.4 Å². The monoisotopic (exact) mass is 415 g/mol. The van der Waals surface area contributed by atoms with Gasteiger partial charge in [0.25, 0.3) is 5.91 Å². The fraction of sp³-hybridized carbons (Fsp3) is 0.100. The van der Waals surface area contributed by atoms with Gasteiger partial charge in [-0.15, -0.1) is 0 Å². The van der Waals surface area contributed by atoms with Crippen LogP contribution in [0.25, 0.3) is 0 Å². The second-order valence-electron chi connectivity index (χ2n) is 6.14. The molecule has 1 amide bonds. The standard InChI is InChI=1S/C20H18ClN3O3S/c1-28(26,27)24(19-6-2-4-17(21)12-19)14-15-7-9-16(10-8-15)20(25)23-18-5-3-11-22-13-18/h2-13H,14H2,1H3,(H,23,25). The Bertz CT molecular complexity index is 1070. The molecule has 1 aromatic heterocycles. The van der Waals surface area contributed by atoms with Gasteiger partial charge in [0.15, 0.2) is 0 Å². The molecule has 144 valence electrons. The predicted octanol–water partition coefficient (Wildman–Crippen LogP) is 3.95. The van der Waals surface area contributed by atoms with Crippen molar-refractivity contribution in [3.63, 3.8) is 0 Å². The topological polar surface area (TPSA) is 79.4 Å². The minimum atomic E-state index is -3.51. The molecule has 6 nitrogen and oxygen atoms in total. The minimum absolute atomic E-state index is 0.129. The molecular formula is C20H18ClN3O3S. The van der Waals surface area contributed by atoms with Crippen LogP contribution in [0.3, 0.4) is 0 Å². The Morgan fingerprint density at radius 1 is 1.11 bits per heavy atom. The first-order valence-corrected chi connectivity index (χ1v) is 10.6. The highest BCUT2D eigenvalue weighted by atomic mass is 35.5. The number of amides is 1. The summed E-state index contributed by atoms with van der Waals surface area (Å²) < 4.78 is 25.7. The van der Waals surface area contributed by atoms with Crippen LogP contribution in [-0.2, 0) is 16.6 Å². The van der Waals surface area contributed by atoms with Crippen LogP contribution in [0.5, 0.6) is 0 Å². The van der Waals surface area contributed by atoms with Crippen LogP contribution in [-0.4, -0.2) is 25.6 Å². The number of halogens is 1. The van der Waals surface area contributed by atoms with E-state index < -0.39 is 10.0 Å². The lowest BCUT2D eigenvalue weighted by molar-refractivity contribution is 0.102. The van der Waals surface area contributed by atoms with Gasteiger partial charge in [-0.1, -0.05) is 29.8 Å². The molecule has 0 aliphatic heterocycles. The number of nitrogens with one attached hydrogen (secondary N) is 1. The van der Waals surface area contributed by atoms with E-state index in [1.165, 1.54) is 4.31 Å². The zero-order valence-electron chi connectivity index (χ0n) is 15.0. The number of pyridine rings is 1. The summed E-state index contributed by atoms with van der Waals surface area (Å²) in [6.45, 7) is 0.129. The summed E-state index contributed by atoms with van der Waals surface area (Å²) in [6, 6.07) is 16.9. The summed E-state index contributed by atoms with van der Waals surface area (Å²) >= 11 is 5.99. The molecule has 0 saturated carbocycles. The lowest BCUT2D eigenvalue weighted by Gasteiger charge is -2.22. The number of hydrogen-bond acceptors (Lipinski definition) is 4. The first-order valence-electron chi connectivity index (χ1n) is 8.36. The van der Waals surface area contributed by atoms with Crippen molar-refractivity contribution in [2.45, 2.75) is 6.54 Å². The molecular weight excluding hydrogens is 398 g/mol. The third-order valence-electron chi connectivity index (χ3n) is 3.96. The quantitative estimate of drug-likeness (QED) is 0.661. The maximum Gasteiger partial charge on any atom is 0.255 e. The Morgan fingerprint density at radius 3 is 2.46 bits per heavy atom. The summed E-state index contributed by atoms with van der Waals surface area (Å²) in [5.74, 6) is -0.269. The van der Waals surface area contributed by atoms with Crippen molar-refractivity contribution >= 4 is 38.9 Å². The van der Waals surface area contributed by atoms with E-state index in [-0.39, 0.29) is 12.5 Å². The van der Waals surface area contributed by atoms with E-state index in [1.54, 1.807) is 73.1 Å². The Balaban J connectivity index is 1.77. The number of nitrogens with zero attached hydrogens (tertiary/aromatic N) is 2. The summed E-state index contributed by atoms with van der Waals surface area (Å²) in [5, 5.41) is 3.20. The second kappa shape index (κ2) is 8.41. The zero-order valence-corrected chi connectivity index (χ0v) is 16.6. The van der Waals surface area contributed by atoms with Crippen LogP contribution < -0.4 is 9.62 Å². The minimum Gasteiger partial charge on any atom is -0.321 e. The van der Waals surface area contributed by atoms with Gasteiger partial charge in [0.2, 0.25) is 10.0 Å². The Labute approximate surface area is 168 Å². The highest BCUT2D eigenvalue weighted by Gasteiger charge is 2.18. The molecule has 28 heavy (non-hydrogen) atoms. The van der Waals surface area contributed by atoms with E-state index in [0.717, 1.165) is 11.8 Å². The smallest absolute Gasteiger partial charge is 0.255 e. The number of rotatable bonds is 6. The lowest BCUT2D eigenvalue weighted by atomic mass is 10.1. The third kappa shape index (κ3) is 5.09. The molecule has 0 atom stereocenters. The number of aromatic nitrogens is 1. The van der Waals surface area contributed by atoms with Gasteiger partial charge in [-0.05, 0) is 48.0 Å². The highest BCUT2D eigenvalue weighted by Crippen LogP contribution is 2.24. The van der Waals surface area contributed by atoms with Crippen molar-refractivity contribution in [1.82, 2.24) is 4.98 Å². The van der Waals surface area contributed by atoms with Crippen molar-refractivity contribution < 1.29 is 13.2 Å². The van der Waals surface area contributed by atoms with E-state index in [9.17, 15) is 13.2 Å². The maximum atomic E-state index is 12.3. The van der Waals surface area contributed by atoms with E-state index in [4.69, 9.17) is 11.6 Å². The SMILES string of the molecule is CS(=O)(=O)N(Cc1ccc(C(=O)Nc2cccnc2)cc1)c1cccc(Cl)c1. The van der Waals surface area contributed by atoms with Crippen molar-refractivity contribution in [1.29, 1.82) is 0 Å². The molecule has 0 aliphatic carbocycles. The van der Waals surface area contributed by atoms with Gasteiger partial charge >= 0.3 is 0 Å². The molecule has 0 radical (unpaired) electrons. The lowest BCUT2D eigenvalue weighted by Crippen LogP contribution is -2.29. The Hall–Kier alpha value is -2.90. The third-order valence-corrected chi connectivity index (χ3v) is 5.33. The van der Waals surface area contributed by atoms with Gasteiger partial charge in [-0.3, -0.25) is 14.1 Å². The van der Waals surface area contributed by atoms with Crippen LogP contribution in [0.2, 0.25) is 5.02 Å². The highest BCUT2D eigenvalue weighted by molar-refractivity contribution is 7.92. The van der Waals surface area contributed by atoms with E-state index >= 15 is 0 Å². The maximum absolute atomic E-state index is 12.3. The van der Waals surface area contributed by atoms with Crippen LogP contribution in [0, 0.1) is 0 Å². The Kier molecular flexibility index (Phi) is 5.96. The molecule has 0 aliphatic rings. The van der Waals surface area contributed by atoms with Crippen molar-refractivity contribution in [3.05, 3.63) is 89.2 Å². The fourth-order valence-corrected chi connectivity index (χ4v) is 3.66. The number of sulfonamides is 1. The zero-order chi connectivity index (χ0) is 20.1. The largest absolute Gasteiger partial charge is 0.321 e. The average molecular weight is 416 g/mol. The van der Waals surface area contributed by atoms with Crippen molar-refractivity contribution in [2.75, 3.05) is 15.9 Å². The Morgan fingerprint density at radius 2 is 1.86 bits per heavy atom. The molecule has 0 saturated heterocycles. The molecule has 0 fully saturated rings. The van der Waals surface area contributed by atoms with E-state index in [2.05, 4.69) is 10.3 Å². The summed E-state index contributed by atoms with van der Waals surface area (Å²) in [7, 11) is -3.51. The molecule has 0 spiro atoms. The number of hydrogen-bond donors (Lipinski definition) is 1. The van der Waals surface area contributed by atoms with Crippen molar-refractivity contribution in [2.24, 2.45) is 0 Å². The summed E-state index contributed by atoms with van der Waals surface area (Å²) in [5.41, 5.74) is 2.28. The van der Waals surface area contributed by atoms with Gasteiger partial charge < -0.3 is 5.32 Å². The number of carbonyl (C=O) groups excluding carboxylic acids is 1. The van der Waals surface area contributed by atoms with Crippen LogP contribution >= 0.6 is 11.6 Å². The fourth-order valence-electron chi connectivity index (χ4n) is 2.60. The molecule has 8 heteroatoms. The molecule has 3 rings (SSSR count). The number of benzene rings is 2. The van der Waals surface area contributed by atoms with Gasteiger partial charge in [-0.2, -0.15) is 0 Å². The molecule has 1 N–H and O–H groups in total. The van der Waals surface area contributed by atoms with Crippen LogP contribution in [0.15, 0.2) is 73.1 Å². The first kappa shape index (κ1) is 19.9. The number of anilines is 2. The van der Waals surface area contributed by atoms with E-state index in [0.29, 0.717) is 22.0 Å². The summed E-state index contributed by atoms with van der Waals surface area (Å²) in [4.78, 5) is 16.3. The van der Waals surface area contributed by atoms with Gasteiger partial charge in [0, 0.05) is 16.8 Å². The van der Waals surface area contributed by atoms with Crippen LogP contribution in [0.1, 0.15) is 15.9 Å². The molecule has 0 unspecified atom stereocenters. The number of carbonyl (C=O) groups is 1.